The van der Waals surface area contributed by atoms with Crippen molar-refractivity contribution < 1.29 is 14.3 Å². The number of methoxy groups -OCH3 is 1. The third-order valence-corrected chi connectivity index (χ3v) is 4.08. The zero-order chi connectivity index (χ0) is 15.4. The average molecular weight is 331 g/mol. The van der Waals surface area contributed by atoms with E-state index < -0.39 is 0 Å². The van der Waals surface area contributed by atoms with Gasteiger partial charge in [0.05, 0.1) is 24.1 Å². The number of hydrogen-bond donors (Lipinski definition) is 0. The molecular formula is C14H16Cl2N2O3. The molecule has 5 nitrogen and oxygen atoms in total. The number of likely N-dealkylation sites (tertiary alicyclic amines) is 1. The van der Waals surface area contributed by atoms with Crippen LogP contribution in [0.5, 0.6) is 0 Å². The monoisotopic (exact) mass is 330 g/mol. The molecule has 0 saturated carbocycles. The molecule has 1 atom stereocenters. The van der Waals surface area contributed by atoms with Gasteiger partial charge >= 0.3 is 5.97 Å². The van der Waals surface area contributed by atoms with Crippen molar-refractivity contribution in [1.29, 1.82) is 0 Å². The van der Waals surface area contributed by atoms with Crippen LogP contribution < -0.4 is 0 Å². The second-order valence-electron chi connectivity index (χ2n) is 4.92. The highest BCUT2D eigenvalue weighted by Gasteiger charge is 2.30. The Bertz CT molecular complexity index is 551. The van der Waals surface area contributed by atoms with Gasteiger partial charge in [0, 0.05) is 18.8 Å². The van der Waals surface area contributed by atoms with Crippen molar-refractivity contribution in [3.8, 4) is 0 Å². The summed E-state index contributed by atoms with van der Waals surface area (Å²) in [5.74, 6) is -0.545. The van der Waals surface area contributed by atoms with Gasteiger partial charge in [-0.05, 0) is 25.3 Å². The Morgan fingerprint density at radius 3 is 2.90 bits per heavy atom. The fourth-order valence-corrected chi connectivity index (χ4v) is 2.83. The zero-order valence-electron chi connectivity index (χ0n) is 11.6. The van der Waals surface area contributed by atoms with Gasteiger partial charge < -0.3 is 9.64 Å². The van der Waals surface area contributed by atoms with E-state index in [2.05, 4.69) is 4.98 Å². The highest BCUT2D eigenvalue weighted by molar-refractivity contribution is 6.35. The lowest BCUT2D eigenvalue weighted by molar-refractivity contribution is -0.142. The Morgan fingerprint density at radius 1 is 1.43 bits per heavy atom. The van der Waals surface area contributed by atoms with Crippen molar-refractivity contribution in [3.05, 3.63) is 28.0 Å². The van der Waals surface area contributed by atoms with Crippen molar-refractivity contribution >= 4 is 35.1 Å². The van der Waals surface area contributed by atoms with Gasteiger partial charge in [-0.25, -0.2) is 4.98 Å². The van der Waals surface area contributed by atoms with Crippen LogP contribution in [0.4, 0.5) is 0 Å². The molecule has 1 aliphatic heterocycles. The van der Waals surface area contributed by atoms with Crippen LogP contribution in [0.25, 0.3) is 0 Å². The van der Waals surface area contributed by atoms with Crippen LogP contribution in [-0.2, 0) is 9.53 Å². The second kappa shape index (κ2) is 7.09. The maximum absolute atomic E-state index is 12.7. The number of pyridine rings is 1. The first-order valence-corrected chi connectivity index (χ1v) is 7.47. The molecule has 0 bridgehead atoms. The highest BCUT2D eigenvalue weighted by Crippen LogP contribution is 2.26. The topological polar surface area (TPSA) is 59.5 Å². The third-order valence-electron chi connectivity index (χ3n) is 3.57. The fourth-order valence-electron chi connectivity index (χ4n) is 2.49. The number of aromatic nitrogens is 1. The maximum atomic E-state index is 12.7. The normalized spacial score (nSPS) is 18.4. The Balaban J connectivity index is 2.22. The van der Waals surface area contributed by atoms with Gasteiger partial charge in [0.2, 0.25) is 0 Å². The molecule has 0 spiro atoms. The molecule has 0 aromatic carbocycles. The van der Waals surface area contributed by atoms with Gasteiger partial charge in [-0.15, -0.1) is 0 Å². The van der Waals surface area contributed by atoms with Gasteiger partial charge in [0.25, 0.3) is 5.91 Å². The summed E-state index contributed by atoms with van der Waals surface area (Å²) in [6.45, 7) is 0.594. The minimum atomic E-state index is -0.321. The summed E-state index contributed by atoms with van der Waals surface area (Å²) in [5, 5.41) is 0.469. The number of halogens is 2. The number of piperidine rings is 1. The molecule has 1 aromatic rings. The number of hydrogen-bond acceptors (Lipinski definition) is 4. The number of nitrogens with zero attached hydrogens (tertiary/aromatic N) is 2. The van der Waals surface area contributed by atoms with E-state index in [-0.39, 0.29) is 34.5 Å². The molecule has 2 heterocycles. The minimum Gasteiger partial charge on any atom is -0.469 e. The molecule has 0 N–H and O–H groups in total. The Labute approximate surface area is 133 Å². The molecule has 2 rings (SSSR count). The van der Waals surface area contributed by atoms with Crippen LogP contribution in [-0.4, -0.2) is 41.5 Å². The molecule has 1 aliphatic rings. The van der Waals surface area contributed by atoms with Gasteiger partial charge in [-0.3, -0.25) is 9.59 Å². The number of carbonyl (C=O) groups excluding carboxylic acids is 2. The Morgan fingerprint density at radius 2 is 2.19 bits per heavy atom. The lowest BCUT2D eigenvalue weighted by Gasteiger charge is -2.35. The largest absolute Gasteiger partial charge is 0.469 e. The quantitative estimate of drug-likeness (QED) is 0.631. The summed E-state index contributed by atoms with van der Waals surface area (Å²) < 4.78 is 4.70. The van der Waals surface area contributed by atoms with E-state index in [0.29, 0.717) is 12.1 Å². The smallest absolute Gasteiger partial charge is 0.307 e. The molecule has 1 aromatic heterocycles. The predicted molar refractivity (Wildman–Crippen MR) is 79.6 cm³/mol. The lowest BCUT2D eigenvalue weighted by atomic mass is 9.98. The number of esters is 1. The van der Waals surface area contributed by atoms with E-state index in [1.54, 1.807) is 4.90 Å². The number of ether oxygens (including phenoxy) is 1. The molecular weight excluding hydrogens is 315 g/mol. The van der Waals surface area contributed by atoms with Gasteiger partial charge in [0.15, 0.2) is 0 Å². The van der Waals surface area contributed by atoms with Crippen molar-refractivity contribution in [1.82, 2.24) is 9.88 Å². The molecule has 21 heavy (non-hydrogen) atoms. The first-order valence-electron chi connectivity index (χ1n) is 6.71. The van der Waals surface area contributed by atoms with Gasteiger partial charge in [-0.2, -0.15) is 0 Å². The van der Waals surface area contributed by atoms with Crippen molar-refractivity contribution in [2.24, 2.45) is 0 Å². The summed E-state index contributed by atoms with van der Waals surface area (Å²) >= 11 is 11.9. The molecule has 0 aliphatic carbocycles. The minimum absolute atomic E-state index is 0.165. The highest BCUT2D eigenvalue weighted by atomic mass is 35.5. The predicted octanol–water partition coefficient (Wildman–Crippen LogP) is 2.95. The molecule has 1 unspecified atom stereocenters. The molecule has 1 saturated heterocycles. The molecule has 114 valence electrons. The number of rotatable bonds is 3. The first-order chi connectivity index (χ1) is 10.0. The van der Waals surface area contributed by atoms with Crippen LogP contribution >= 0.6 is 23.2 Å². The van der Waals surface area contributed by atoms with E-state index in [0.717, 1.165) is 19.3 Å². The summed E-state index contributed by atoms with van der Waals surface area (Å²) in [6.07, 6.45) is 4.21. The van der Waals surface area contributed by atoms with Crippen LogP contribution in [0, 0.1) is 0 Å². The van der Waals surface area contributed by atoms with Crippen LogP contribution in [0.3, 0.4) is 0 Å². The SMILES string of the molecule is COC(=O)CC1CCCCN1C(=O)c1cc(Cl)ncc1Cl. The van der Waals surface area contributed by atoms with Crippen molar-refractivity contribution in [2.75, 3.05) is 13.7 Å². The van der Waals surface area contributed by atoms with E-state index in [9.17, 15) is 9.59 Å². The van der Waals surface area contributed by atoms with Crippen molar-refractivity contribution in [3.63, 3.8) is 0 Å². The van der Waals surface area contributed by atoms with E-state index in [4.69, 9.17) is 27.9 Å². The summed E-state index contributed by atoms with van der Waals surface area (Å²) in [4.78, 5) is 29.7. The van der Waals surface area contributed by atoms with Crippen LogP contribution in [0.1, 0.15) is 36.0 Å². The van der Waals surface area contributed by atoms with Crippen molar-refractivity contribution in [2.45, 2.75) is 31.7 Å². The second-order valence-corrected chi connectivity index (χ2v) is 5.71. The molecule has 1 fully saturated rings. The van der Waals surface area contributed by atoms with Crippen LogP contribution in [0.15, 0.2) is 12.3 Å². The van der Waals surface area contributed by atoms with E-state index in [1.807, 2.05) is 0 Å². The number of amides is 1. The van der Waals surface area contributed by atoms with Gasteiger partial charge in [-0.1, -0.05) is 23.2 Å². The maximum Gasteiger partial charge on any atom is 0.307 e. The molecule has 7 heteroatoms. The average Bonchev–Trinajstić information content (AvgIpc) is 2.49. The van der Waals surface area contributed by atoms with Gasteiger partial charge in [0.1, 0.15) is 5.15 Å². The first kappa shape index (κ1) is 16.0. The Hall–Kier alpha value is -1.33. The number of carbonyl (C=O) groups is 2. The molecule has 1 amide bonds. The van der Waals surface area contributed by atoms with E-state index in [1.165, 1.54) is 19.4 Å². The van der Waals surface area contributed by atoms with E-state index >= 15 is 0 Å². The summed E-state index contributed by atoms with van der Waals surface area (Å²) in [6, 6.07) is 1.29. The molecule has 0 radical (unpaired) electrons. The lowest BCUT2D eigenvalue weighted by Crippen LogP contribution is -2.45. The summed E-state index contributed by atoms with van der Waals surface area (Å²) in [7, 11) is 1.34. The zero-order valence-corrected chi connectivity index (χ0v) is 13.2. The standard InChI is InChI=1S/C14H16Cl2N2O3/c1-21-13(19)6-9-4-2-3-5-18(9)14(20)10-7-12(16)17-8-11(10)15/h7-9H,2-6H2,1H3. The van der Waals surface area contributed by atoms with Crippen LogP contribution in [0.2, 0.25) is 10.2 Å². The Kier molecular flexibility index (Phi) is 5.42. The fraction of sp³-hybridized carbons (Fsp3) is 0.500. The summed E-state index contributed by atoms with van der Waals surface area (Å²) in [5.41, 5.74) is 0.313. The third kappa shape index (κ3) is 3.86.